The van der Waals surface area contributed by atoms with Gasteiger partial charge in [0.25, 0.3) is 5.91 Å². The lowest BCUT2D eigenvalue weighted by molar-refractivity contribution is 0.0349. The summed E-state index contributed by atoms with van der Waals surface area (Å²) in [5.41, 5.74) is 6.02. The summed E-state index contributed by atoms with van der Waals surface area (Å²) in [6, 6.07) is 19.0. The standard InChI is InChI=1S/C38H40N4O5S/c1-37(2,3)47-36(44)41-20-17-32(25-41)27-9-11-28(12-10-27)33-22-30-18-21-42(34(30)39-24-33)48(45,46)38(4)19-7-8-31(23-38)26-13-15-29(16-14-26)35(43)40(5)6/h7-16,18-19,21-22,24-25H,17,20,23H2,1-6H3. The number of fused-ring (bicyclic) bond motifs is 1. The van der Waals surface area contributed by atoms with Gasteiger partial charge in [-0.25, -0.2) is 22.2 Å². The highest BCUT2D eigenvalue weighted by molar-refractivity contribution is 7.91. The zero-order chi connectivity index (χ0) is 34.4. The van der Waals surface area contributed by atoms with Gasteiger partial charge < -0.3 is 9.64 Å². The Kier molecular flexibility index (Phi) is 8.41. The molecule has 248 valence electrons. The number of pyridine rings is 1. The zero-order valence-corrected chi connectivity index (χ0v) is 28.9. The lowest BCUT2D eigenvalue weighted by atomic mass is 9.90. The molecule has 0 bridgehead atoms. The van der Waals surface area contributed by atoms with Crippen LogP contribution in [0.1, 0.15) is 62.0 Å². The number of aromatic nitrogens is 2. The molecule has 10 heteroatoms. The van der Waals surface area contributed by atoms with Crippen LogP contribution < -0.4 is 0 Å². The van der Waals surface area contributed by atoms with Crippen LogP contribution in [0.5, 0.6) is 0 Å². The minimum Gasteiger partial charge on any atom is -0.443 e. The maximum atomic E-state index is 14.2. The second-order valence-corrected chi connectivity index (χ2v) is 16.0. The summed E-state index contributed by atoms with van der Waals surface area (Å²) < 4.78 is 33.9. The molecule has 0 fully saturated rings. The van der Waals surface area contributed by atoms with E-state index in [0.29, 0.717) is 23.1 Å². The molecule has 2 aromatic carbocycles. The summed E-state index contributed by atoms with van der Waals surface area (Å²) in [7, 11) is -0.497. The van der Waals surface area contributed by atoms with Gasteiger partial charge >= 0.3 is 6.09 Å². The molecule has 1 atom stereocenters. The molecule has 2 amide bonds. The molecular weight excluding hydrogens is 625 g/mol. The van der Waals surface area contributed by atoms with Crippen molar-refractivity contribution >= 4 is 44.2 Å². The minimum atomic E-state index is -3.91. The van der Waals surface area contributed by atoms with Crippen molar-refractivity contribution in [2.45, 2.75) is 50.9 Å². The summed E-state index contributed by atoms with van der Waals surface area (Å²) in [4.78, 5) is 32.6. The van der Waals surface area contributed by atoms with Gasteiger partial charge in [0.2, 0.25) is 10.0 Å². The molecule has 1 aliphatic carbocycles. The molecule has 2 aliphatic rings. The van der Waals surface area contributed by atoms with Crippen molar-refractivity contribution in [1.29, 1.82) is 0 Å². The Labute approximate surface area is 281 Å². The van der Waals surface area contributed by atoms with Gasteiger partial charge in [-0.15, -0.1) is 0 Å². The fourth-order valence-electron chi connectivity index (χ4n) is 6.02. The summed E-state index contributed by atoms with van der Waals surface area (Å²) in [5.74, 6) is -0.0893. The van der Waals surface area contributed by atoms with Gasteiger partial charge in [0.1, 0.15) is 10.3 Å². The molecule has 0 saturated carbocycles. The second kappa shape index (κ2) is 12.2. The quantitative estimate of drug-likeness (QED) is 0.213. The normalized spacial score (nSPS) is 18.1. The molecule has 4 aromatic rings. The van der Waals surface area contributed by atoms with Crippen molar-refractivity contribution in [3.05, 3.63) is 114 Å². The Hall–Kier alpha value is -4.96. The molecule has 0 saturated heterocycles. The SMILES string of the molecule is CN(C)C(=O)c1ccc(C2=CC=CC(C)(S(=O)(=O)n3ccc4cc(-c5ccc(C6=CN(C(=O)OC(C)(C)C)CC6)cc5)cnc43)C2)cc1. The van der Waals surface area contributed by atoms with Gasteiger partial charge in [0.15, 0.2) is 5.65 Å². The maximum absolute atomic E-state index is 14.2. The topological polar surface area (TPSA) is 102 Å². The van der Waals surface area contributed by atoms with Gasteiger partial charge in [-0.3, -0.25) is 9.69 Å². The molecule has 0 spiro atoms. The Morgan fingerprint density at radius 2 is 1.56 bits per heavy atom. The number of hydrogen-bond acceptors (Lipinski definition) is 6. The smallest absolute Gasteiger partial charge is 0.414 e. The lowest BCUT2D eigenvalue weighted by Gasteiger charge is -2.30. The molecule has 1 aliphatic heterocycles. The highest BCUT2D eigenvalue weighted by Crippen LogP contribution is 2.38. The fourth-order valence-corrected chi connectivity index (χ4v) is 7.66. The maximum Gasteiger partial charge on any atom is 0.414 e. The van der Waals surface area contributed by atoms with Crippen molar-refractivity contribution in [3.63, 3.8) is 0 Å². The van der Waals surface area contributed by atoms with Gasteiger partial charge in [-0.2, -0.15) is 0 Å². The average molecular weight is 665 g/mol. The first-order chi connectivity index (χ1) is 22.6. The number of rotatable bonds is 6. The Morgan fingerprint density at radius 1 is 0.917 bits per heavy atom. The second-order valence-electron chi connectivity index (χ2n) is 13.7. The van der Waals surface area contributed by atoms with Crippen molar-refractivity contribution in [2.24, 2.45) is 0 Å². The lowest BCUT2D eigenvalue weighted by Crippen LogP contribution is -2.38. The highest BCUT2D eigenvalue weighted by atomic mass is 32.2. The van der Waals surface area contributed by atoms with Gasteiger partial charge in [0, 0.05) is 55.7 Å². The van der Waals surface area contributed by atoms with Crippen LogP contribution in [0, 0.1) is 0 Å². The molecular formula is C38H40N4O5S. The Balaban J connectivity index is 1.20. The third-order valence-corrected chi connectivity index (χ3v) is 11.0. The van der Waals surface area contributed by atoms with Crippen LogP contribution >= 0.6 is 0 Å². The van der Waals surface area contributed by atoms with E-state index in [1.807, 2.05) is 75.5 Å². The van der Waals surface area contributed by atoms with Crippen LogP contribution in [0.3, 0.4) is 0 Å². The summed E-state index contributed by atoms with van der Waals surface area (Å²) in [5, 5.41) is 0.715. The fraction of sp³-hybridized carbons (Fsp3) is 0.289. The number of nitrogens with zero attached hydrogens (tertiary/aromatic N) is 4. The number of carbonyl (C=O) groups excluding carboxylic acids is 2. The van der Waals surface area contributed by atoms with E-state index in [0.717, 1.165) is 39.8 Å². The number of benzene rings is 2. The van der Waals surface area contributed by atoms with Crippen LogP contribution in [-0.4, -0.2) is 70.2 Å². The van der Waals surface area contributed by atoms with Crippen LogP contribution in [0.15, 0.2) is 97.5 Å². The molecule has 0 radical (unpaired) electrons. The van der Waals surface area contributed by atoms with E-state index in [4.69, 9.17) is 4.74 Å². The van der Waals surface area contributed by atoms with E-state index in [1.165, 1.54) is 8.87 Å². The molecule has 6 rings (SSSR count). The van der Waals surface area contributed by atoms with E-state index in [-0.39, 0.29) is 18.4 Å². The number of carbonyl (C=O) groups is 2. The highest BCUT2D eigenvalue weighted by Gasteiger charge is 2.41. The van der Waals surface area contributed by atoms with E-state index in [9.17, 15) is 18.0 Å². The largest absolute Gasteiger partial charge is 0.443 e. The van der Waals surface area contributed by atoms with Gasteiger partial charge in [0.05, 0.1) is 0 Å². The first kappa shape index (κ1) is 33.0. The number of ether oxygens (including phenoxy) is 1. The van der Waals surface area contributed by atoms with E-state index >= 15 is 0 Å². The Bertz CT molecular complexity index is 2100. The van der Waals surface area contributed by atoms with E-state index in [1.54, 1.807) is 68.7 Å². The number of allylic oxidation sites excluding steroid dienone is 3. The van der Waals surface area contributed by atoms with Crippen molar-refractivity contribution in [1.82, 2.24) is 18.8 Å². The average Bonchev–Trinajstić information content (AvgIpc) is 3.72. The number of amides is 2. The van der Waals surface area contributed by atoms with Crippen LogP contribution in [0.2, 0.25) is 0 Å². The third kappa shape index (κ3) is 6.32. The summed E-state index contributed by atoms with van der Waals surface area (Å²) in [6.07, 6.45) is 11.2. The molecule has 2 aromatic heterocycles. The van der Waals surface area contributed by atoms with Crippen LogP contribution in [-0.2, 0) is 14.8 Å². The summed E-state index contributed by atoms with van der Waals surface area (Å²) >= 11 is 0. The molecule has 1 unspecified atom stereocenters. The molecule has 0 N–H and O–H groups in total. The van der Waals surface area contributed by atoms with Crippen molar-refractivity contribution in [3.8, 4) is 11.1 Å². The third-order valence-electron chi connectivity index (χ3n) is 8.69. The predicted molar refractivity (Wildman–Crippen MR) is 190 cm³/mol. The summed E-state index contributed by atoms with van der Waals surface area (Å²) in [6.45, 7) is 7.86. The van der Waals surface area contributed by atoms with E-state index < -0.39 is 20.4 Å². The van der Waals surface area contributed by atoms with E-state index in [2.05, 4.69) is 4.98 Å². The first-order valence-electron chi connectivity index (χ1n) is 15.9. The predicted octanol–water partition coefficient (Wildman–Crippen LogP) is 7.37. The minimum absolute atomic E-state index is 0.0893. The van der Waals surface area contributed by atoms with Crippen molar-refractivity contribution < 1.29 is 22.7 Å². The number of hydrogen-bond donors (Lipinski definition) is 0. The first-order valence-corrected chi connectivity index (χ1v) is 17.3. The molecule has 9 nitrogen and oxygen atoms in total. The van der Waals surface area contributed by atoms with Crippen molar-refractivity contribution in [2.75, 3.05) is 20.6 Å². The monoisotopic (exact) mass is 664 g/mol. The van der Waals surface area contributed by atoms with Crippen LogP contribution in [0.25, 0.3) is 33.3 Å². The molecule has 3 heterocycles. The van der Waals surface area contributed by atoms with Gasteiger partial charge in [-0.1, -0.05) is 54.6 Å². The van der Waals surface area contributed by atoms with Gasteiger partial charge in [-0.05, 0) is 92.6 Å². The zero-order valence-electron chi connectivity index (χ0n) is 28.1. The molecule has 48 heavy (non-hydrogen) atoms. The Morgan fingerprint density at radius 3 is 2.23 bits per heavy atom. The van der Waals surface area contributed by atoms with Crippen LogP contribution in [0.4, 0.5) is 4.79 Å².